The van der Waals surface area contributed by atoms with Crippen LogP contribution in [-0.2, 0) is 9.53 Å². The third-order valence-electron chi connectivity index (χ3n) is 3.21. The van der Waals surface area contributed by atoms with Crippen molar-refractivity contribution in [3.8, 4) is 5.75 Å². The van der Waals surface area contributed by atoms with Gasteiger partial charge in [0.1, 0.15) is 24.7 Å². The molecule has 0 radical (unpaired) electrons. The fourth-order valence-electron chi connectivity index (χ4n) is 1.90. The summed E-state index contributed by atoms with van der Waals surface area (Å²) in [5.41, 5.74) is 0. The van der Waals surface area contributed by atoms with Crippen molar-refractivity contribution >= 4 is 11.9 Å². The zero-order valence-electron chi connectivity index (χ0n) is 15.0. The average Bonchev–Trinajstić information content (AvgIpc) is 2.60. The quantitative estimate of drug-likeness (QED) is 0.370. The van der Waals surface area contributed by atoms with Crippen molar-refractivity contribution in [3.63, 3.8) is 0 Å². The molecule has 0 bridgehead atoms. The zero-order valence-corrected chi connectivity index (χ0v) is 15.0. The summed E-state index contributed by atoms with van der Waals surface area (Å²) in [6.07, 6.45) is 0. The van der Waals surface area contributed by atoms with Gasteiger partial charge < -0.3 is 25.0 Å². The van der Waals surface area contributed by atoms with Crippen LogP contribution in [0.3, 0.4) is 0 Å². The number of aliphatic imine (C=N–C) groups is 1. The molecule has 140 valence electrons. The molecule has 0 atom stereocenters. The number of nitrogens with zero attached hydrogens (tertiary/aromatic N) is 2. The highest BCUT2D eigenvalue weighted by Gasteiger charge is 2.07. The maximum atomic E-state index is 12.8. The number of hydrogen-bond donors (Lipinski definition) is 2. The van der Waals surface area contributed by atoms with Crippen molar-refractivity contribution in [2.45, 2.75) is 6.92 Å². The molecule has 0 saturated carbocycles. The van der Waals surface area contributed by atoms with Gasteiger partial charge in [-0.15, -0.1) is 0 Å². The van der Waals surface area contributed by atoms with E-state index in [4.69, 9.17) is 9.47 Å². The number of rotatable bonds is 10. The topological polar surface area (TPSA) is 75.2 Å². The van der Waals surface area contributed by atoms with Gasteiger partial charge in [0.05, 0.1) is 13.2 Å². The number of ether oxygens (including phenoxy) is 2. The van der Waals surface area contributed by atoms with E-state index in [0.29, 0.717) is 44.6 Å². The van der Waals surface area contributed by atoms with E-state index in [9.17, 15) is 9.18 Å². The van der Waals surface area contributed by atoms with E-state index in [1.807, 2.05) is 18.9 Å². The van der Waals surface area contributed by atoms with Gasteiger partial charge >= 0.3 is 0 Å². The Kier molecular flexibility index (Phi) is 10.00. The van der Waals surface area contributed by atoms with Crippen molar-refractivity contribution in [2.24, 2.45) is 4.99 Å². The zero-order chi connectivity index (χ0) is 18.5. The highest BCUT2D eigenvalue weighted by atomic mass is 19.1. The lowest BCUT2D eigenvalue weighted by Crippen LogP contribution is -2.41. The Morgan fingerprint density at radius 3 is 2.60 bits per heavy atom. The number of guanidine groups is 1. The summed E-state index contributed by atoms with van der Waals surface area (Å²) < 4.78 is 23.3. The molecule has 0 aromatic heterocycles. The molecule has 0 unspecified atom stereocenters. The van der Waals surface area contributed by atoms with Crippen LogP contribution in [-0.4, -0.2) is 70.3 Å². The number of nitrogens with one attached hydrogen (secondary N) is 2. The first-order chi connectivity index (χ1) is 12.1. The second-order valence-corrected chi connectivity index (χ2v) is 5.24. The molecule has 1 aromatic carbocycles. The largest absolute Gasteiger partial charge is 0.492 e. The standard InChI is InChI=1S/C17H27FN4O3/c1-4-19-17(21-13-16(23)20-9-11-24-3)22(2)10-12-25-15-7-5-14(18)6-8-15/h5-8H,4,9-13H2,1-3H3,(H,19,21)(H,20,23). The molecular formula is C17H27FN4O3. The lowest BCUT2D eigenvalue weighted by molar-refractivity contribution is -0.119. The molecule has 8 heteroatoms. The molecule has 7 nitrogen and oxygen atoms in total. The normalized spacial score (nSPS) is 11.1. The molecule has 25 heavy (non-hydrogen) atoms. The molecule has 2 N–H and O–H groups in total. The van der Waals surface area contributed by atoms with Crippen LogP contribution in [0.25, 0.3) is 0 Å². The van der Waals surface area contributed by atoms with Crippen molar-refractivity contribution in [2.75, 3.05) is 53.6 Å². The molecule has 1 aromatic rings. The highest BCUT2D eigenvalue weighted by Crippen LogP contribution is 2.10. The second kappa shape index (κ2) is 12.1. The monoisotopic (exact) mass is 354 g/mol. The first-order valence-corrected chi connectivity index (χ1v) is 8.20. The maximum Gasteiger partial charge on any atom is 0.241 e. The van der Waals surface area contributed by atoms with Gasteiger partial charge in [-0.05, 0) is 31.2 Å². The maximum absolute atomic E-state index is 12.8. The molecule has 0 aliphatic heterocycles. The first-order valence-electron chi connectivity index (χ1n) is 8.20. The fourth-order valence-corrected chi connectivity index (χ4v) is 1.90. The Balaban J connectivity index is 2.43. The predicted octanol–water partition coefficient (Wildman–Crippen LogP) is 0.864. The molecule has 1 rings (SSSR count). The Labute approximate surface area is 148 Å². The molecule has 1 amide bonds. The number of hydrogen-bond acceptors (Lipinski definition) is 4. The Morgan fingerprint density at radius 1 is 1.24 bits per heavy atom. The minimum atomic E-state index is -0.296. The van der Waals surface area contributed by atoms with Gasteiger partial charge in [0.15, 0.2) is 5.96 Å². The summed E-state index contributed by atoms with van der Waals surface area (Å²) in [5, 5.41) is 5.84. The van der Waals surface area contributed by atoms with Gasteiger partial charge in [0.2, 0.25) is 5.91 Å². The van der Waals surface area contributed by atoms with Crippen LogP contribution in [0, 0.1) is 5.82 Å². The van der Waals surface area contributed by atoms with Crippen LogP contribution in [0.4, 0.5) is 4.39 Å². The van der Waals surface area contributed by atoms with E-state index in [1.165, 1.54) is 12.1 Å². The number of carbonyl (C=O) groups excluding carboxylic acids is 1. The summed E-state index contributed by atoms with van der Waals surface area (Å²) in [5.74, 6) is 0.764. The third kappa shape index (κ3) is 8.90. The van der Waals surface area contributed by atoms with Crippen molar-refractivity contribution in [3.05, 3.63) is 30.1 Å². The summed E-state index contributed by atoms with van der Waals surface area (Å²) in [7, 11) is 3.44. The fraction of sp³-hybridized carbons (Fsp3) is 0.529. The van der Waals surface area contributed by atoms with Gasteiger partial charge in [-0.1, -0.05) is 0 Å². The smallest absolute Gasteiger partial charge is 0.241 e. The number of likely N-dealkylation sites (N-methyl/N-ethyl adjacent to an activating group) is 1. The van der Waals surface area contributed by atoms with Crippen LogP contribution in [0.5, 0.6) is 5.75 Å². The van der Waals surface area contributed by atoms with Crippen LogP contribution in [0.1, 0.15) is 6.92 Å². The van der Waals surface area contributed by atoms with E-state index >= 15 is 0 Å². The molecule has 0 saturated heterocycles. The van der Waals surface area contributed by atoms with Gasteiger partial charge in [0.25, 0.3) is 0 Å². The lowest BCUT2D eigenvalue weighted by atomic mass is 10.3. The molecule has 0 spiro atoms. The summed E-state index contributed by atoms with van der Waals surface area (Å²) in [6, 6.07) is 5.87. The first kappa shape index (κ1) is 20.7. The van der Waals surface area contributed by atoms with Crippen LogP contribution in [0.2, 0.25) is 0 Å². The van der Waals surface area contributed by atoms with E-state index in [1.54, 1.807) is 19.2 Å². The number of halogens is 1. The van der Waals surface area contributed by atoms with Crippen LogP contribution < -0.4 is 15.4 Å². The molecule has 0 heterocycles. The molecule has 0 fully saturated rings. The molecule has 0 aliphatic carbocycles. The van der Waals surface area contributed by atoms with E-state index < -0.39 is 0 Å². The predicted molar refractivity (Wildman–Crippen MR) is 95.4 cm³/mol. The highest BCUT2D eigenvalue weighted by molar-refractivity contribution is 5.84. The van der Waals surface area contributed by atoms with Crippen molar-refractivity contribution in [1.82, 2.24) is 15.5 Å². The van der Waals surface area contributed by atoms with Gasteiger partial charge in [0, 0.05) is 27.2 Å². The van der Waals surface area contributed by atoms with E-state index in [0.717, 1.165) is 0 Å². The summed E-state index contributed by atoms with van der Waals surface area (Å²) in [6.45, 7) is 4.58. The second-order valence-electron chi connectivity index (χ2n) is 5.24. The third-order valence-corrected chi connectivity index (χ3v) is 3.21. The Morgan fingerprint density at radius 2 is 1.96 bits per heavy atom. The summed E-state index contributed by atoms with van der Waals surface area (Å²) in [4.78, 5) is 17.9. The van der Waals surface area contributed by atoms with Gasteiger partial charge in [-0.3, -0.25) is 4.79 Å². The van der Waals surface area contributed by atoms with Crippen molar-refractivity contribution in [1.29, 1.82) is 0 Å². The van der Waals surface area contributed by atoms with E-state index in [-0.39, 0.29) is 18.3 Å². The Bertz CT molecular complexity index is 537. The number of benzene rings is 1. The lowest BCUT2D eigenvalue weighted by Gasteiger charge is -2.22. The van der Waals surface area contributed by atoms with Crippen LogP contribution >= 0.6 is 0 Å². The van der Waals surface area contributed by atoms with Gasteiger partial charge in [-0.2, -0.15) is 0 Å². The Hall–Kier alpha value is -2.35. The number of methoxy groups -OCH3 is 1. The molecule has 0 aliphatic rings. The molecular weight excluding hydrogens is 327 g/mol. The number of carbonyl (C=O) groups is 1. The van der Waals surface area contributed by atoms with Gasteiger partial charge in [-0.25, -0.2) is 9.38 Å². The van der Waals surface area contributed by atoms with E-state index in [2.05, 4.69) is 15.6 Å². The van der Waals surface area contributed by atoms with Crippen LogP contribution in [0.15, 0.2) is 29.3 Å². The minimum absolute atomic E-state index is 0.0369. The number of amides is 1. The average molecular weight is 354 g/mol. The van der Waals surface area contributed by atoms with Crippen molar-refractivity contribution < 1.29 is 18.7 Å². The summed E-state index contributed by atoms with van der Waals surface area (Å²) >= 11 is 0. The SMILES string of the molecule is CCNC(=NCC(=O)NCCOC)N(C)CCOc1ccc(F)cc1. The minimum Gasteiger partial charge on any atom is -0.492 e.